The van der Waals surface area contributed by atoms with Gasteiger partial charge in [0.15, 0.2) is 5.84 Å². The molecule has 0 radical (unpaired) electrons. The zero-order chi connectivity index (χ0) is 21.4. The van der Waals surface area contributed by atoms with Crippen LogP contribution in [0.1, 0.15) is 84.0 Å². The molecule has 1 heterocycles. The Morgan fingerprint density at radius 2 is 1.44 bits per heavy atom. The fourth-order valence-electron chi connectivity index (χ4n) is 3.96. The number of aliphatic imine (C=N–C) groups is 1. The third-order valence-electron chi connectivity index (χ3n) is 5.75. The van der Waals surface area contributed by atoms with E-state index in [2.05, 4.69) is 6.92 Å². The molecule has 32 heavy (non-hydrogen) atoms. The number of ether oxygens (including phenoxy) is 1. The summed E-state index contributed by atoms with van der Waals surface area (Å²) in [4.78, 5) is 26.4. The van der Waals surface area contributed by atoms with Gasteiger partial charge in [-0.1, -0.05) is 58.3 Å². The summed E-state index contributed by atoms with van der Waals surface area (Å²) in [6.45, 7) is 5.63. The monoisotopic (exact) mass is 479 g/mol. The summed E-state index contributed by atoms with van der Waals surface area (Å²) in [5, 5.41) is 17.9. The maximum absolute atomic E-state index is 11.1. The van der Waals surface area contributed by atoms with Crippen molar-refractivity contribution < 1.29 is 34.5 Å². The molecule has 0 aromatic heterocycles. The standard InChI is InChI=1S/C22H40N2O5.2Na.H2O.2H/c1-2-3-4-5-6-7-8-9-10-11-20-23-14-16-24(20,15-12-21(25)26)17-19-29-18-13-22(27)28;;;;;/h2-19H2,1H3,(H-,25,26,27,28);;;1H2;;/p+1. The van der Waals surface area contributed by atoms with Crippen molar-refractivity contribution >= 4 is 76.9 Å². The van der Waals surface area contributed by atoms with Gasteiger partial charge in [0.05, 0.1) is 39.1 Å². The summed E-state index contributed by atoms with van der Waals surface area (Å²) >= 11 is 0. The number of aliphatic carboxylic acids is 2. The molecule has 0 aromatic rings. The van der Waals surface area contributed by atoms with E-state index in [-0.39, 0.29) is 84.0 Å². The molecule has 4 N–H and O–H groups in total. The van der Waals surface area contributed by atoms with Crippen molar-refractivity contribution in [1.82, 2.24) is 0 Å². The van der Waals surface area contributed by atoms with Crippen LogP contribution in [0.4, 0.5) is 0 Å². The van der Waals surface area contributed by atoms with Crippen LogP contribution >= 0.6 is 0 Å². The Hall–Kier alpha value is 0.490. The van der Waals surface area contributed by atoms with E-state index in [1.807, 2.05) is 0 Å². The topological polar surface area (TPSA) is 128 Å². The fraction of sp³-hybridized carbons (Fsp3) is 0.864. The Kier molecular flexibility index (Phi) is 26.9. The van der Waals surface area contributed by atoms with Crippen molar-refractivity contribution in [3.05, 3.63) is 0 Å². The number of hydrogen-bond acceptors (Lipinski definition) is 4. The van der Waals surface area contributed by atoms with E-state index in [0.717, 1.165) is 31.8 Å². The van der Waals surface area contributed by atoms with Crippen molar-refractivity contribution in [3.63, 3.8) is 0 Å². The first kappa shape index (κ1) is 37.0. The number of carbonyl (C=O) groups is 2. The number of carboxylic acid groups (broad SMARTS) is 2. The van der Waals surface area contributed by atoms with Gasteiger partial charge < -0.3 is 20.4 Å². The van der Waals surface area contributed by atoms with Crippen molar-refractivity contribution in [2.45, 2.75) is 84.0 Å². The van der Waals surface area contributed by atoms with Crippen molar-refractivity contribution in [2.75, 3.05) is 39.4 Å². The molecule has 0 saturated heterocycles. The van der Waals surface area contributed by atoms with E-state index in [1.165, 1.54) is 51.4 Å². The predicted molar refractivity (Wildman–Crippen MR) is 132 cm³/mol. The molecule has 0 bridgehead atoms. The minimum atomic E-state index is -0.867. The van der Waals surface area contributed by atoms with Crippen LogP contribution < -0.4 is 0 Å². The molecule has 1 aliphatic heterocycles. The number of nitrogens with zero attached hydrogens (tertiary/aromatic N) is 2. The van der Waals surface area contributed by atoms with E-state index >= 15 is 0 Å². The van der Waals surface area contributed by atoms with Crippen LogP contribution in [0.5, 0.6) is 0 Å². The van der Waals surface area contributed by atoms with Gasteiger partial charge in [-0.2, -0.15) is 0 Å². The number of amidine groups is 1. The Bertz CT molecular complexity index is 523. The molecule has 0 saturated carbocycles. The van der Waals surface area contributed by atoms with Gasteiger partial charge in [0.25, 0.3) is 0 Å². The van der Waals surface area contributed by atoms with Crippen molar-refractivity contribution in [1.29, 1.82) is 0 Å². The van der Waals surface area contributed by atoms with Crippen LogP contribution in [0, 0.1) is 0 Å². The number of hydrogen-bond donors (Lipinski definition) is 2. The Balaban J connectivity index is -0.00000280. The SMILES string of the molecule is CCCCCCCCCCCC1=NCC[N+]1(CCOCCC(=O)O)CCC(=O)O.O.[NaH].[NaH]. The molecule has 0 aliphatic carbocycles. The van der Waals surface area contributed by atoms with Crippen LogP contribution in [0.2, 0.25) is 0 Å². The quantitative estimate of drug-likeness (QED) is 0.166. The second-order valence-corrected chi connectivity index (χ2v) is 8.09. The van der Waals surface area contributed by atoms with Gasteiger partial charge in [-0.05, 0) is 6.42 Å². The molecular formula is C22H45N2Na2O6+. The minimum absolute atomic E-state index is 0. The summed E-state index contributed by atoms with van der Waals surface area (Å²) in [5.74, 6) is -0.548. The summed E-state index contributed by atoms with van der Waals surface area (Å²) in [6.07, 6.45) is 12.5. The third kappa shape index (κ3) is 17.0. The normalized spacial score (nSPS) is 17.0. The average Bonchev–Trinajstić information content (AvgIpc) is 3.07. The maximum atomic E-state index is 11.1. The van der Waals surface area contributed by atoms with Gasteiger partial charge in [-0.15, -0.1) is 0 Å². The molecule has 1 rings (SSSR count). The number of quaternary nitrogens is 1. The number of carboxylic acids is 2. The van der Waals surface area contributed by atoms with Gasteiger partial charge in [0, 0.05) is 6.42 Å². The second kappa shape index (κ2) is 23.2. The molecule has 0 spiro atoms. The Morgan fingerprint density at radius 3 is 2.00 bits per heavy atom. The van der Waals surface area contributed by atoms with Gasteiger partial charge in [0.2, 0.25) is 0 Å². The van der Waals surface area contributed by atoms with Crippen molar-refractivity contribution in [3.8, 4) is 0 Å². The Morgan fingerprint density at radius 1 is 0.875 bits per heavy atom. The van der Waals surface area contributed by atoms with Crippen LogP contribution in [0.25, 0.3) is 0 Å². The molecule has 0 amide bonds. The number of unbranched alkanes of at least 4 members (excludes halogenated alkanes) is 8. The van der Waals surface area contributed by atoms with E-state index in [9.17, 15) is 9.59 Å². The zero-order valence-corrected chi connectivity index (χ0v) is 18.7. The zero-order valence-electron chi connectivity index (χ0n) is 18.7. The Labute approximate surface area is 238 Å². The van der Waals surface area contributed by atoms with Gasteiger partial charge >= 0.3 is 71.1 Å². The molecular weight excluding hydrogens is 434 g/mol. The summed E-state index contributed by atoms with van der Waals surface area (Å²) < 4.78 is 6.08. The predicted octanol–water partition coefficient (Wildman–Crippen LogP) is 1.98. The summed E-state index contributed by atoms with van der Waals surface area (Å²) in [7, 11) is 0. The fourth-order valence-corrected chi connectivity index (χ4v) is 3.96. The molecule has 180 valence electrons. The second-order valence-electron chi connectivity index (χ2n) is 8.09. The van der Waals surface area contributed by atoms with E-state index in [4.69, 9.17) is 19.9 Å². The van der Waals surface area contributed by atoms with E-state index in [0.29, 0.717) is 24.2 Å². The first-order valence-corrected chi connectivity index (χ1v) is 11.4. The molecule has 8 nitrogen and oxygen atoms in total. The molecule has 0 fully saturated rings. The summed E-state index contributed by atoms with van der Waals surface area (Å²) in [6, 6.07) is 0. The molecule has 1 unspecified atom stereocenters. The first-order valence-electron chi connectivity index (χ1n) is 11.4. The van der Waals surface area contributed by atoms with Crippen molar-refractivity contribution in [2.24, 2.45) is 4.99 Å². The molecule has 1 atom stereocenters. The third-order valence-corrected chi connectivity index (χ3v) is 5.75. The van der Waals surface area contributed by atoms with E-state index in [1.54, 1.807) is 0 Å². The molecule has 10 heteroatoms. The van der Waals surface area contributed by atoms with Gasteiger partial charge in [-0.3, -0.25) is 14.1 Å². The van der Waals surface area contributed by atoms with Gasteiger partial charge in [0.1, 0.15) is 13.1 Å². The van der Waals surface area contributed by atoms with Crippen LogP contribution in [-0.4, -0.2) is 136 Å². The van der Waals surface area contributed by atoms with Crippen LogP contribution in [-0.2, 0) is 14.3 Å². The summed E-state index contributed by atoms with van der Waals surface area (Å²) in [5.41, 5.74) is 0. The molecule has 1 aliphatic rings. The van der Waals surface area contributed by atoms with E-state index < -0.39 is 11.9 Å². The average molecular weight is 480 g/mol. The first-order chi connectivity index (χ1) is 14.0. The van der Waals surface area contributed by atoms with Gasteiger partial charge in [-0.25, -0.2) is 4.99 Å². The molecule has 0 aromatic carbocycles. The van der Waals surface area contributed by atoms with Crippen LogP contribution in [0.3, 0.4) is 0 Å². The van der Waals surface area contributed by atoms with Crippen LogP contribution in [0.15, 0.2) is 4.99 Å². The number of rotatable bonds is 19.